The van der Waals surface area contributed by atoms with Gasteiger partial charge in [-0.25, -0.2) is 19.2 Å². The molecule has 0 aromatic heterocycles. The van der Waals surface area contributed by atoms with Crippen molar-refractivity contribution in [3.05, 3.63) is 192 Å². The van der Waals surface area contributed by atoms with Gasteiger partial charge in [0.1, 0.15) is 34.5 Å². The molecular formula is C64H66O10. The van der Waals surface area contributed by atoms with Crippen molar-refractivity contribution in [2.75, 3.05) is 13.2 Å². The first-order valence-corrected chi connectivity index (χ1v) is 26.1. The summed E-state index contributed by atoms with van der Waals surface area (Å²) in [6, 6.07) is 48.7. The average Bonchev–Trinajstić information content (AvgIpc) is 3.43. The Balaban J connectivity index is 0.826. The smallest absolute Gasteiger partial charge is 0.343 e. The largest absolute Gasteiger partial charge is 0.494 e. The summed E-state index contributed by atoms with van der Waals surface area (Å²) in [6.45, 7) is 5.73. The van der Waals surface area contributed by atoms with Gasteiger partial charge in [-0.3, -0.25) is 0 Å². The molecule has 0 radical (unpaired) electrons. The van der Waals surface area contributed by atoms with Crippen molar-refractivity contribution in [3.63, 3.8) is 0 Å². The van der Waals surface area contributed by atoms with E-state index in [0.29, 0.717) is 70.0 Å². The van der Waals surface area contributed by atoms with Gasteiger partial charge in [-0.1, -0.05) is 133 Å². The van der Waals surface area contributed by atoms with Crippen LogP contribution in [0.1, 0.15) is 145 Å². The third kappa shape index (κ3) is 17.1. The van der Waals surface area contributed by atoms with Crippen LogP contribution >= 0.6 is 0 Å². The quantitative estimate of drug-likeness (QED) is 0.0266. The van der Waals surface area contributed by atoms with E-state index in [9.17, 15) is 19.2 Å². The maximum atomic E-state index is 13.0. The fraction of sp³-hybridized carbons (Fsp3) is 0.281. The highest BCUT2D eigenvalue weighted by Crippen LogP contribution is 2.30. The van der Waals surface area contributed by atoms with Gasteiger partial charge in [0, 0.05) is 0 Å². The molecule has 10 nitrogen and oxygen atoms in total. The molecule has 382 valence electrons. The number of ether oxygens (including phenoxy) is 6. The van der Waals surface area contributed by atoms with Crippen LogP contribution in [-0.2, 0) is 0 Å². The summed E-state index contributed by atoms with van der Waals surface area (Å²) in [7, 11) is 0. The van der Waals surface area contributed by atoms with E-state index < -0.39 is 23.9 Å². The van der Waals surface area contributed by atoms with Crippen LogP contribution in [0.2, 0.25) is 0 Å². The molecule has 0 amide bonds. The van der Waals surface area contributed by atoms with Crippen LogP contribution in [0.3, 0.4) is 0 Å². The number of rotatable bonds is 28. The number of benzene rings is 7. The van der Waals surface area contributed by atoms with Gasteiger partial charge in [0.2, 0.25) is 0 Å². The summed E-state index contributed by atoms with van der Waals surface area (Å²) in [5, 5.41) is 0. The standard InChI is InChI=1S/C64H66O10/c1-3-5-7-9-11-13-15-44-69-55-32-24-49(25-33-55)61(65)73-59-40-28-51(29-41-59)63(67)71-57-36-20-47(21-37-57)53-18-17-19-54(46-53)48-22-38-58(39-23-48)72-64(68)52-30-42-60(43-31-52)74-62(66)50-26-34-56(35-27-50)70-45-16-14-12-10-8-6-4-2/h17-43,46H,3-16,44-45H2,1-2H3. The molecule has 74 heavy (non-hydrogen) atoms. The SMILES string of the molecule is CCCCCCCCCOc1ccc(C(=O)Oc2ccc(C(=O)Oc3ccc(-c4cccc(-c5ccc(OC(=O)c6ccc(OC(=O)c7ccc(OCCCCCCCCC)cc7)cc6)cc5)c4)cc3)cc2)cc1. The predicted octanol–water partition coefficient (Wildman–Crippen LogP) is 16.2. The molecule has 0 aliphatic heterocycles. The minimum absolute atomic E-state index is 0.301. The predicted molar refractivity (Wildman–Crippen MR) is 290 cm³/mol. The number of hydrogen-bond acceptors (Lipinski definition) is 10. The molecule has 0 atom stereocenters. The van der Waals surface area contributed by atoms with Gasteiger partial charge >= 0.3 is 23.9 Å². The Morgan fingerprint density at radius 3 is 0.838 bits per heavy atom. The van der Waals surface area contributed by atoms with Gasteiger partial charge in [-0.05, 0) is 162 Å². The van der Waals surface area contributed by atoms with Crippen LogP contribution in [0, 0.1) is 0 Å². The molecule has 0 spiro atoms. The molecule has 0 aliphatic carbocycles. The molecule has 7 aromatic rings. The maximum Gasteiger partial charge on any atom is 0.343 e. The molecule has 0 unspecified atom stereocenters. The van der Waals surface area contributed by atoms with E-state index in [1.807, 2.05) is 42.5 Å². The first-order valence-electron chi connectivity index (χ1n) is 26.1. The fourth-order valence-corrected chi connectivity index (χ4v) is 8.16. The van der Waals surface area contributed by atoms with E-state index in [0.717, 1.165) is 47.9 Å². The Labute approximate surface area is 435 Å². The van der Waals surface area contributed by atoms with E-state index in [-0.39, 0.29) is 0 Å². The lowest BCUT2D eigenvalue weighted by atomic mass is 9.99. The van der Waals surface area contributed by atoms with Crippen molar-refractivity contribution in [1.29, 1.82) is 0 Å². The van der Waals surface area contributed by atoms with Gasteiger partial charge in [0.25, 0.3) is 0 Å². The maximum absolute atomic E-state index is 13.0. The number of unbranched alkanes of at least 4 members (excludes halogenated alkanes) is 12. The first kappa shape index (κ1) is 53.8. The zero-order valence-corrected chi connectivity index (χ0v) is 42.6. The van der Waals surface area contributed by atoms with Crippen molar-refractivity contribution >= 4 is 23.9 Å². The third-order valence-corrected chi connectivity index (χ3v) is 12.5. The third-order valence-electron chi connectivity index (χ3n) is 12.5. The molecule has 0 saturated carbocycles. The minimum Gasteiger partial charge on any atom is -0.494 e. The van der Waals surface area contributed by atoms with E-state index in [2.05, 4.69) is 19.9 Å². The molecule has 0 aliphatic rings. The minimum atomic E-state index is -0.549. The summed E-state index contributed by atoms with van der Waals surface area (Å²) in [4.78, 5) is 51.7. The lowest BCUT2D eigenvalue weighted by Crippen LogP contribution is -2.10. The first-order chi connectivity index (χ1) is 36.2. The summed E-state index contributed by atoms with van der Waals surface area (Å²) < 4.78 is 34.1. The van der Waals surface area contributed by atoms with Crippen molar-refractivity contribution in [2.45, 2.75) is 104 Å². The second-order valence-corrected chi connectivity index (χ2v) is 18.2. The molecule has 0 bridgehead atoms. The van der Waals surface area contributed by atoms with Gasteiger partial charge < -0.3 is 28.4 Å². The lowest BCUT2D eigenvalue weighted by molar-refractivity contribution is 0.0720. The molecule has 0 saturated heterocycles. The lowest BCUT2D eigenvalue weighted by Gasteiger charge is -2.10. The highest BCUT2D eigenvalue weighted by Gasteiger charge is 2.15. The molecule has 0 fully saturated rings. The zero-order valence-electron chi connectivity index (χ0n) is 42.6. The number of carbonyl (C=O) groups is 4. The second kappa shape index (κ2) is 28.9. The molecule has 0 N–H and O–H groups in total. The molecular weight excluding hydrogens is 929 g/mol. The number of esters is 4. The Morgan fingerprint density at radius 2 is 0.541 bits per heavy atom. The van der Waals surface area contributed by atoms with E-state index in [1.54, 1.807) is 121 Å². The summed E-state index contributed by atoms with van der Waals surface area (Å²) >= 11 is 0. The van der Waals surface area contributed by atoms with Gasteiger partial charge in [-0.2, -0.15) is 0 Å². The Kier molecular flexibility index (Phi) is 21.0. The zero-order chi connectivity index (χ0) is 51.7. The van der Waals surface area contributed by atoms with E-state index >= 15 is 0 Å². The van der Waals surface area contributed by atoms with Crippen molar-refractivity contribution in [3.8, 4) is 56.8 Å². The van der Waals surface area contributed by atoms with Crippen molar-refractivity contribution in [2.24, 2.45) is 0 Å². The van der Waals surface area contributed by atoms with Crippen molar-refractivity contribution < 1.29 is 47.6 Å². The topological polar surface area (TPSA) is 124 Å². The Morgan fingerprint density at radius 1 is 0.284 bits per heavy atom. The summed E-state index contributed by atoms with van der Waals surface area (Å²) in [5.41, 5.74) is 5.13. The van der Waals surface area contributed by atoms with Crippen LogP contribution in [0.15, 0.2) is 170 Å². The highest BCUT2D eigenvalue weighted by molar-refractivity contribution is 5.94. The van der Waals surface area contributed by atoms with Crippen LogP contribution in [0.4, 0.5) is 0 Å². The molecule has 0 heterocycles. The highest BCUT2D eigenvalue weighted by atomic mass is 16.5. The summed E-state index contributed by atoms with van der Waals surface area (Å²) in [5.74, 6) is 0.658. The van der Waals surface area contributed by atoms with Crippen molar-refractivity contribution in [1.82, 2.24) is 0 Å². The van der Waals surface area contributed by atoms with Crippen LogP contribution in [0.5, 0.6) is 34.5 Å². The normalized spacial score (nSPS) is 10.8. The number of hydrogen-bond donors (Lipinski definition) is 0. The van der Waals surface area contributed by atoms with E-state index in [1.165, 1.54) is 64.2 Å². The Hall–Kier alpha value is -7.98. The Bertz CT molecular complexity index is 2640. The second-order valence-electron chi connectivity index (χ2n) is 18.2. The van der Waals surface area contributed by atoms with Gasteiger partial charge in [0.15, 0.2) is 0 Å². The average molecular weight is 995 g/mol. The summed E-state index contributed by atoms with van der Waals surface area (Å²) in [6.07, 6.45) is 17.0. The van der Waals surface area contributed by atoms with E-state index in [4.69, 9.17) is 28.4 Å². The molecule has 7 rings (SSSR count). The molecule has 10 heteroatoms. The van der Waals surface area contributed by atoms with Gasteiger partial charge in [0.05, 0.1) is 35.5 Å². The molecule has 7 aromatic carbocycles. The fourth-order valence-electron chi connectivity index (χ4n) is 8.16. The van der Waals surface area contributed by atoms with Crippen LogP contribution < -0.4 is 28.4 Å². The van der Waals surface area contributed by atoms with Gasteiger partial charge in [-0.15, -0.1) is 0 Å². The monoisotopic (exact) mass is 994 g/mol. The van der Waals surface area contributed by atoms with Crippen LogP contribution in [0.25, 0.3) is 22.3 Å². The number of carbonyl (C=O) groups excluding carboxylic acids is 4. The van der Waals surface area contributed by atoms with Crippen LogP contribution in [-0.4, -0.2) is 37.1 Å².